The van der Waals surface area contributed by atoms with Gasteiger partial charge in [0, 0.05) is 25.2 Å². The molecular weight excluding hydrogens is 248 g/mol. The van der Waals surface area contributed by atoms with E-state index in [9.17, 15) is 20.3 Å². The molecule has 0 aliphatic carbocycles. The van der Waals surface area contributed by atoms with E-state index in [1.54, 1.807) is 6.92 Å². The molecule has 0 aliphatic rings. The van der Waals surface area contributed by atoms with E-state index in [-0.39, 0.29) is 12.2 Å². The van der Waals surface area contributed by atoms with Crippen molar-refractivity contribution in [2.24, 2.45) is 0 Å². The summed E-state index contributed by atoms with van der Waals surface area (Å²) in [5.74, 6) is 0. The molecule has 3 N–H and O–H groups in total. The van der Waals surface area contributed by atoms with Gasteiger partial charge in [-0.25, -0.2) is 0 Å². The van der Waals surface area contributed by atoms with Gasteiger partial charge in [-0.05, 0) is 31.0 Å². The van der Waals surface area contributed by atoms with Crippen LogP contribution in [-0.4, -0.2) is 33.8 Å². The number of non-ortho nitro benzene ring substituents is 1. The minimum Gasteiger partial charge on any atom is -0.389 e. The highest BCUT2D eigenvalue weighted by molar-refractivity contribution is 5.33. The first-order chi connectivity index (χ1) is 8.85. The lowest BCUT2D eigenvalue weighted by atomic mass is 10.0. The molecule has 1 aromatic rings. The summed E-state index contributed by atoms with van der Waals surface area (Å²) in [7, 11) is 0. The first-order valence-electron chi connectivity index (χ1n) is 6.21. The lowest BCUT2D eigenvalue weighted by molar-refractivity contribution is -0.384. The molecule has 0 spiro atoms. The molecule has 2 atom stereocenters. The molecule has 6 nitrogen and oxygen atoms in total. The summed E-state index contributed by atoms with van der Waals surface area (Å²) in [5, 5.41) is 33.2. The lowest BCUT2D eigenvalue weighted by Gasteiger charge is -2.22. The van der Waals surface area contributed by atoms with Crippen LogP contribution in [0, 0.1) is 10.1 Å². The largest absolute Gasteiger partial charge is 0.389 e. The molecule has 1 aromatic carbocycles. The van der Waals surface area contributed by atoms with Crippen LogP contribution in [0.25, 0.3) is 0 Å². The Hall–Kier alpha value is -1.50. The minimum atomic E-state index is -0.796. The Balaban J connectivity index is 2.49. The second-order valence-electron chi connectivity index (χ2n) is 4.85. The summed E-state index contributed by atoms with van der Waals surface area (Å²) in [6.45, 7) is 4.27. The zero-order valence-electron chi connectivity index (χ0n) is 11.2. The summed E-state index contributed by atoms with van der Waals surface area (Å²) >= 11 is 0. The topological polar surface area (TPSA) is 95.6 Å². The van der Waals surface area contributed by atoms with Crippen LogP contribution in [0.15, 0.2) is 24.3 Å². The molecule has 0 fully saturated rings. The van der Waals surface area contributed by atoms with Crippen molar-refractivity contribution >= 4 is 5.69 Å². The summed E-state index contributed by atoms with van der Waals surface area (Å²) < 4.78 is 0. The molecule has 2 unspecified atom stereocenters. The SMILES string of the molecule is CCC(C)(O)CNCC(O)c1ccc([N+](=O)[O-])cc1. The zero-order valence-corrected chi connectivity index (χ0v) is 11.2. The Morgan fingerprint density at radius 3 is 2.47 bits per heavy atom. The molecule has 0 heterocycles. The molecule has 0 saturated heterocycles. The van der Waals surface area contributed by atoms with Gasteiger partial charge in [0.1, 0.15) is 0 Å². The first kappa shape index (κ1) is 15.6. The number of nitrogens with one attached hydrogen (secondary N) is 1. The summed E-state index contributed by atoms with van der Waals surface area (Å²) in [5.41, 5.74) is -0.193. The maximum Gasteiger partial charge on any atom is 0.269 e. The number of benzene rings is 1. The Kier molecular flexibility index (Phi) is 5.41. The van der Waals surface area contributed by atoms with E-state index in [2.05, 4.69) is 5.32 Å². The van der Waals surface area contributed by atoms with Crippen LogP contribution < -0.4 is 5.32 Å². The molecule has 0 bridgehead atoms. The number of nitrogens with zero attached hydrogens (tertiary/aromatic N) is 1. The van der Waals surface area contributed by atoms with Crippen LogP contribution in [0.2, 0.25) is 0 Å². The van der Waals surface area contributed by atoms with Crippen molar-refractivity contribution in [1.29, 1.82) is 0 Å². The van der Waals surface area contributed by atoms with Crippen molar-refractivity contribution < 1.29 is 15.1 Å². The van der Waals surface area contributed by atoms with Gasteiger partial charge in [-0.2, -0.15) is 0 Å². The molecular formula is C13H20N2O4. The van der Waals surface area contributed by atoms with E-state index in [4.69, 9.17) is 0 Å². The van der Waals surface area contributed by atoms with E-state index in [0.717, 1.165) is 0 Å². The number of rotatable bonds is 7. The van der Waals surface area contributed by atoms with Gasteiger partial charge in [-0.15, -0.1) is 0 Å². The number of nitro groups is 1. The van der Waals surface area contributed by atoms with E-state index in [1.165, 1.54) is 24.3 Å². The third kappa shape index (κ3) is 4.94. The van der Waals surface area contributed by atoms with Crippen molar-refractivity contribution in [1.82, 2.24) is 5.32 Å². The Morgan fingerprint density at radius 2 is 2.00 bits per heavy atom. The van der Waals surface area contributed by atoms with Crippen LogP contribution in [0.3, 0.4) is 0 Å². The fourth-order valence-electron chi connectivity index (χ4n) is 1.54. The maximum atomic E-state index is 10.5. The van der Waals surface area contributed by atoms with Gasteiger partial charge in [0.25, 0.3) is 5.69 Å². The van der Waals surface area contributed by atoms with Crippen LogP contribution in [-0.2, 0) is 0 Å². The molecule has 0 radical (unpaired) electrons. The second-order valence-corrected chi connectivity index (χ2v) is 4.85. The lowest BCUT2D eigenvalue weighted by Crippen LogP contribution is -2.38. The molecule has 0 saturated carbocycles. The molecule has 19 heavy (non-hydrogen) atoms. The quantitative estimate of drug-likeness (QED) is 0.513. The second kappa shape index (κ2) is 6.60. The number of hydrogen-bond donors (Lipinski definition) is 3. The average Bonchev–Trinajstić information content (AvgIpc) is 2.38. The Bertz CT molecular complexity index is 417. The van der Waals surface area contributed by atoms with Gasteiger partial charge in [-0.1, -0.05) is 6.92 Å². The van der Waals surface area contributed by atoms with E-state index in [0.29, 0.717) is 18.5 Å². The highest BCUT2D eigenvalue weighted by atomic mass is 16.6. The van der Waals surface area contributed by atoms with Gasteiger partial charge in [0.15, 0.2) is 0 Å². The third-order valence-electron chi connectivity index (χ3n) is 3.09. The standard InChI is InChI=1S/C13H20N2O4/c1-3-13(2,17)9-14-8-12(16)10-4-6-11(7-5-10)15(18)19/h4-7,12,14,16-17H,3,8-9H2,1-2H3. The Morgan fingerprint density at radius 1 is 1.42 bits per heavy atom. The van der Waals surface area contributed by atoms with Crippen molar-refractivity contribution in [3.05, 3.63) is 39.9 Å². The van der Waals surface area contributed by atoms with Gasteiger partial charge in [-0.3, -0.25) is 10.1 Å². The average molecular weight is 268 g/mol. The number of aliphatic hydroxyl groups excluding tert-OH is 1. The van der Waals surface area contributed by atoms with Crippen molar-refractivity contribution in [2.75, 3.05) is 13.1 Å². The van der Waals surface area contributed by atoms with Crippen LogP contribution in [0.1, 0.15) is 31.9 Å². The highest BCUT2D eigenvalue weighted by Gasteiger charge is 2.17. The molecule has 106 valence electrons. The van der Waals surface area contributed by atoms with E-state index >= 15 is 0 Å². The van der Waals surface area contributed by atoms with E-state index < -0.39 is 16.6 Å². The summed E-state index contributed by atoms with van der Waals surface area (Å²) in [6, 6.07) is 5.78. The van der Waals surface area contributed by atoms with Gasteiger partial charge >= 0.3 is 0 Å². The maximum absolute atomic E-state index is 10.5. The smallest absolute Gasteiger partial charge is 0.269 e. The molecule has 0 amide bonds. The fourth-order valence-corrected chi connectivity index (χ4v) is 1.54. The monoisotopic (exact) mass is 268 g/mol. The first-order valence-corrected chi connectivity index (χ1v) is 6.21. The summed E-state index contributed by atoms with van der Waals surface area (Å²) in [6.07, 6.45) is -0.137. The van der Waals surface area contributed by atoms with Gasteiger partial charge < -0.3 is 15.5 Å². The number of hydrogen-bond acceptors (Lipinski definition) is 5. The number of nitro benzene ring substituents is 1. The minimum absolute atomic E-state index is 0.00201. The van der Waals surface area contributed by atoms with Crippen LogP contribution in [0.4, 0.5) is 5.69 Å². The van der Waals surface area contributed by atoms with Crippen LogP contribution >= 0.6 is 0 Å². The molecule has 1 rings (SSSR count). The highest BCUT2D eigenvalue weighted by Crippen LogP contribution is 2.17. The van der Waals surface area contributed by atoms with Gasteiger partial charge in [0.05, 0.1) is 16.6 Å². The predicted molar refractivity (Wildman–Crippen MR) is 71.8 cm³/mol. The van der Waals surface area contributed by atoms with Gasteiger partial charge in [0.2, 0.25) is 0 Å². The fraction of sp³-hybridized carbons (Fsp3) is 0.538. The molecule has 6 heteroatoms. The Labute approximate surface area is 112 Å². The van der Waals surface area contributed by atoms with Crippen molar-refractivity contribution in [2.45, 2.75) is 32.0 Å². The summed E-state index contributed by atoms with van der Waals surface area (Å²) in [4.78, 5) is 10.0. The predicted octanol–water partition coefficient (Wildman–Crippen LogP) is 1.38. The third-order valence-corrected chi connectivity index (χ3v) is 3.09. The van der Waals surface area contributed by atoms with Crippen LogP contribution in [0.5, 0.6) is 0 Å². The molecule has 0 aliphatic heterocycles. The number of aliphatic hydroxyl groups is 2. The van der Waals surface area contributed by atoms with E-state index in [1.807, 2.05) is 6.92 Å². The van der Waals surface area contributed by atoms with Crippen molar-refractivity contribution in [3.63, 3.8) is 0 Å². The molecule has 0 aromatic heterocycles. The normalized spacial score (nSPS) is 15.8. The van der Waals surface area contributed by atoms with Crippen molar-refractivity contribution in [3.8, 4) is 0 Å². The zero-order chi connectivity index (χ0) is 14.5.